The van der Waals surface area contributed by atoms with Crippen molar-refractivity contribution in [1.29, 1.82) is 0 Å². The van der Waals surface area contributed by atoms with Gasteiger partial charge in [0, 0.05) is 23.2 Å². The van der Waals surface area contributed by atoms with Gasteiger partial charge in [-0.15, -0.1) is 0 Å². The Labute approximate surface area is 229 Å². The Morgan fingerprint density at radius 3 is 0.868 bits per heavy atom. The minimum Gasteiger partial charge on any atom is -0.315 e. The van der Waals surface area contributed by atoms with Gasteiger partial charge in [0.25, 0.3) is 0 Å². The molecule has 3 aromatic carbocycles. The molecule has 0 aliphatic rings. The number of fused-ring (bicyclic) bond motifs is 2. The van der Waals surface area contributed by atoms with Crippen LogP contribution in [-0.2, 0) is 0 Å². The van der Waals surface area contributed by atoms with Gasteiger partial charge in [0.2, 0.25) is 0 Å². The van der Waals surface area contributed by atoms with Gasteiger partial charge in [0.05, 0.1) is 22.4 Å². The Morgan fingerprint density at radius 1 is 0.316 bits per heavy atom. The zero-order valence-electron chi connectivity index (χ0n) is 26.0. The number of rotatable bonds is 2. The maximum atomic E-state index is 2.50. The summed E-state index contributed by atoms with van der Waals surface area (Å²) in [6.45, 7) is 32.0. The predicted molar refractivity (Wildman–Crippen MR) is 166 cm³/mol. The molecule has 0 unspecified atom stereocenters. The fraction of sp³-hybridized carbons (Fsp3) is 0.389. The molecule has 0 amide bonds. The second kappa shape index (κ2) is 8.63. The number of aryl methyl sites for hydroxylation is 6. The lowest BCUT2D eigenvalue weighted by atomic mass is 9.92. The van der Waals surface area contributed by atoms with Gasteiger partial charge in [-0.05, 0) is 175 Å². The highest BCUT2D eigenvalue weighted by Crippen LogP contribution is 2.41. The normalized spacial score (nSPS) is 11.9. The van der Waals surface area contributed by atoms with E-state index in [-0.39, 0.29) is 0 Å². The van der Waals surface area contributed by atoms with Crippen LogP contribution in [0, 0.1) is 96.9 Å². The Bertz CT molecular complexity index is 1670. The summed E-state index contributed by atoms with van der Waals surface area (Å²) in [6.07, 6.45) is 4.73. The summed E-state index contributed by atoms with van der Waals surface area (Å²) in [6, 6.07) is 0. The Kier molecular flexibility index (Phi) is 5.98. The highest BCUT2D eigenvalue weighted by molar-refractivity contribution is 5.95. The lowest BCUT2D eigenvalue weighted by Crippen LogP contribution is -2.10. The molecule has 0 radical (unpaired) electrons. The SMILES string of the molecule is Cc1c(C)c(-n2cc(C)c3c(C)c(C)c(C)c(C)c32)c(C)c(C)c1-n1cc(C)c2c(C)c(C)c(C)c(C)c21. The monoisotopic (exact) mass is 504 g/mol. The highest BCUT2D eigenvalue weighted by Gasteiger charge is 2.24. The molecule has 0 atom stereocenters. The van der Waals surface area contributed by atoms with Crippen LogP contribution in [0.1, 0.15) is 77.9 Å². The average Bonchev–Trinajstić information content (AvgIpc) is 3.39. The maximum Gasteiger partial charge on any atom is 0.0566 e. The largest absolute Gasteiger partial charge is 0.315 e. The minimum absolute atomic E-state index is 1.33. The molecular weight excluding hydrogens is 460 g/mol. The number of hydrogen-bond donors (Lipinski definition) is 0. The van der Waals surface area contributed by atoms with Crippen LogP contribution < -0.4 is 0 Å². The first kappa shape index (κ1) is 26.4. The van der Waals surface area contributed by atoms with E-state index in [4.69, 9.17) is 0 Å². The lowest BCUT2D eigenvalue weighted by molar-refractivity contribution is 0.999. The van der Waals surface area contributed by atoms with Crippen LogP contribution in [-0.4, -0.2) is 9.13 Å². The molecule has 0 spiro atoms. The van der Waals surface area contributed by atoms with Gasteiger partial charge in [-0.25, -0.2) is 0 Å². The fourth-order valence-corrected chi connectivity index (χ4v) is 7.15. The molecule has 2 heterocycles. The molecule has 5 aromatic rings. The molecule has 2 heteroatoms. The van der Waals surface area contributed by atoms with Crippen LogP contribution in [0.3, 0.4) is 0 Å². The Balaban J connectivity index is 1.90. The van der Waals surface area contributed by atoms with E-state index in [9.17, 15) is 0 Å². The number of aromatic nitrogens is 2. The van der Waals surface area contributed by atoms with Crippen molar-refractivity contribution in [3.05, 3.63) is 90.3 Å². The van der Waals surface area contributed by atoms with Crippen molar-refractivity contribution in [2.75, 3.05) is 0 Å². The first-order valence-corrected chi connectivity index (χ1v) is 14.0. The van der Waals surface area contributed by atoms with Crippen LogP contribution >= 0.6 is 0 Å². The third-order valence-corrected chi connectivity index (χ3v) is 10.3. The van der Waals surface area contributed by atoms with Gasteiger partial charge in [-0.3, -0.25) is 0 Å². The van der Waals surface area contributed by atoms with E-state index in [0.29, 0.717) is 0 Å². The lowest BCUT2D eigenvalue weighted by Gasteiger charge is -2.24. The summed E-state index contributed by atoms with van der Waals surface area (Å²) in [5.41, 5.74) is 24.7. The first-order valence-electron chi connectivity index (χ1n) is 14.0. The van der Waals surface area contributed by atoms with Gasteiger partial charge in [0.1, 0.15) is 0 Å². The number of benzene rings is 3. The Morgan fingerprint density at radius 2 is 0.579 bits per heavy atom. The zero-order valence-corrected chi connectivity index (χ0v) is 26.0. The van der Waals surface area contributed by atoms with E-state index in [1.165, 1.54) is 111 Å². The van der Waals surface area contributed by atoms with Crippen molar-refractivity contribution < 1.29 is 0 Å². The summed E-state index contributed by atoms with van der Waals surface area (Å²) in [5.74, 6) is 0. The van der Waals surface area contributed by atoms with E-state index >= 15 is 0 Å². The summed E-state index contributed by atoms with van der Waals surface area (Å²) >= 11 is 0. The van der Waals surface area contributed by atoms with Crippen molar-refractivity contribution in [1.82, 2.24) is 9.13 Å². The fourth-order valence-electron chi connectivity index (χ4n) is 7.15. The van der Waals surface area contributed by atoms with E-state index in [1.54, 1.807) is 0 Å². The predicted octanol–water partition coefficient (Wildman–Crippen LogP) is 9.89. The standard InChI is InChI=1S/C36H44N2/c1-17-15-37(35-25(9)21(5)19(3)23(7)31(17)35)33-27(11)29(13)34(30(14)28(33)12)38-16-18(2)32-24(8)20(4)22(6)26(10)36(32)38/h15-16H,1-14H3. The van der Waals surface area contributed by atoms with E-state index < -0.39 is 0 Å². The first-order chi connectivity index (χ1) is 17.7. The van der Waals surface area contributed by atoms with Gasteiger partial charge in [-0.1, -0.05) is 0 Å². The molecule has 0 aliphatic carbocycles. The molecule has 0 bridgehead atoms. The topological polar surface area (TPSA) is 9.86 Å². The van der Waals surface area contributed by atoms with Crippen LogP contribution in [0.4, 0.5) is 0 Å². The summed E-state index contributed by atoms with van der Waals surface area (Å²) in [4.78, 5) is 0. The van der Waals surface area contributed by atoms with Crippen molar-refractivity contribution in [3.8, 4) is 11.4 Å². The average molecular weight is 505 g/mol. The smallest absolute Gasteiger partial charge is 0.0566 e. The summed E-state index contributed by atoms with van der Waals surface area (Å²) in [5, 5.41) is 2.82. The van der Waals surface area contributed by atoms with Crippen LogP contribution in [0.2, 0.25) is 0 Å². The van der Waals surface area contributed by atoms with Crippen molar-refractivity contribution in [2.45, 2.75) is 96.9 Å². The Hall–Kier alpha value is -3.26. The molecule has 0 N–H and O–H groups in total. The molecule has 198 valence electrons. The molecule has 5 rings (SSSR count). The number of nitrogens with zero attached hydrogens (tertiary/aromatic N) is 2. The van der Waals surface area contributed by atoms with Gasteiger partial charge in [-0.2, -0.15) is 0 Å². The van der Waals surface area contributed by atoms with Gasteiger partial charge in [0.15, 0.2) is 0 Å². The van der Waals surface area contributed by atoms with Gasteiger partial charge >= 0.3 is 0 Å². The number of hydrogen-bond acceptors (Lipinski definition) is 0. The quantitative estimate of drug-likeness (QED) is 0.226. The molecule has 38 heavy (non-hydrogen) atoms. The van der Waals surface area contributed by atoms with Gasteiger partial charge < -0.3 is 9.13 Å². The molecule has 0 fully saturated rings. The van der Waals surface area contributed by atoms with E-state index in [1.807, 2.05) is 0 Å². The highest BCUT2D eigenvalue weighted by atomic mass is 15.0. The third-order valence-electron chi connectivity index (χ3n) is 10.3. The van der Waals surface area contributed by atoms with E-state index in [0.717, 1.165) is 0 Å². The zero-order chi connectivity index (χ0) is 28.1. The second-order valence-corrected chi connectivity index (χ2v) is 12.0. The summed E-state index contributed by atoms with van der Waals surface area (Å²) in [7, 11) is 0. The second-order valence-electron chi connectivity index (χ2n) is 12.0. The molecule has 2 aromatic heterocycles. The van der Waals surface area contributed by atoms with Crippen LogP contribution in [0.15, 0.2) is 12.4 Å². The van der Waals surface area contributed by atoms with Crippen molar-refractivity contribution in [2.24, 2.45) is 0 Å². The van der Waals surface area contributed by atoms with Crippen molar-refractivity contribution >= 4 is 21.8 Å². The van der Waals surface area contributed by atoms with Crippen molar-refractivity contribution in [3.63, 3.8) is 0 Å². The minimum atomic E-state index is 1.33. The molecule has 2 nitrogen and oxygen atoms in total. The maximum absolute atomic E-state index is 2.50. The van der Waals surface area contributed by atoms with Crippen LogP contribution in [0.25, 0.3) is 33.2 Å². The molecular formula is C36H44N2. The summed E-state index contributed by atoms with van der Waals surface area (Å²) < 4.78 is 4.99. The van der Waals surface area contributed by atoms with Crippen LogP contribution in [0.5, 0.6) is 0 Å². The molecule has 0 aliphatic heterocycles. The van der Waals surface area contributed by atoms with E-state index in [2.05, 4.69) is 118 Å². The molecule has 0 saturated heterocycles. The third kappa shape index (κ3) is 3.25. The molecule has 0 saturated carbocycles.